The third-order valence-corrected chi connectivity index (χ3v) is 3.80. The van der Waals surface area contributed by atoms with Crippen molar-refractivity contribution in [3.8, 4) is 17.1 Å². The van der Waals surface area contributed by atoms with Crippen LogP contribution in [0.4, 0.5) is 5.69 Å². The highest BCUT2D eigenvalue weighted by atomic mass is 35.5. The number of rotatable bonds is 8. The molecule has 130 valence electrons. The van der Waals surface area contributed by atoms with Gasteiger partial charge in [0.25, 0.3) is 0 Å². The van der Waals surface area contributed by atoms with E-state index < -0.39 is 0 Å². The van der Waals surface area contributed by atoms with Gasteiger partial charge in [-0.3, -0.25) is 0 Å². The number of methoxy groups -OCH3 is 1. The molecule has 1 heterocycles. The molecule has 0 aliphatic rings. The van der Waals surface area contributed by atoms with Gasteiger partial charge in [-0.2, -0.15) is 0 Å². The van der Waals surface area contributed by atoms with Gasteiger partial charge in [0.1, 0.15) is 12.4 Å². The lowest BCUT2D eigenvalue weighted by Crippen LogP contribution is -2.07. The maximum absolute atomic E-state index is 5.91. The number of oxazole rings is 1. The van der Waals surface area contributed by atoms with Gasteiger partial charge in [-0.15, -0.1) is 0 Å². The van der Waals surface area contributed by atoms with Crippen molar-refractivity contribution in [2.24, 2.45) is 0 Å². The minimum atomic E-state index is 0.457. The standard InChI is InChI=1S/C19H19ClN2O3/c1-23-10-11-24-17-5-3-2-4-16(17)21-13-19-22-12-18(25-19)14-6-8-15(20)9-7-14/h2-9,12,21H,10-11,13H2,1H3. The summed E-state index contributed by atoms with van der Waals surface area (Å²) < 4.78 is 16.5. The molecule has 0 aliphatic carbocycles. The van der Waals surface area contributed by atoms with E-state index in [1.807, 2.05) is 48.5 Å². The number of halogens is 1. The Morgan fingerprint density at radius 1 is 1.08 bits per heavy atom. The molecule has 3 rings (SSSR count). The third-order valence-electron chi connectivity index (χ3n) is 3.54. The number of aromatic nitrogens is 1. The Hall–Kier alpha value is -2.50. The molecule has 0 amide bonds. The first kappa shape index (κ1) is 17.3. The Morgan fingerprint density at radius 2 is 1.88 bits per heavy atom. The van der Waals surface area contributed by atoms with E-state index in [1.54, 1.807) is 13.3 Å². The van der Waals surface area contributed by atoms with Gasteiger partial charge in [0.05, 0.1) is 25.0 Å². The summed E-state index contributed by atoms with van der Waals surface area (Å²) in [6, 6.07) is 15.2. The molecule has 0 fully saturated rings. The van der Waals surface area contributed by atoms with Gasteiger partial charge in [-0.25, -0.2) is 4.98 Å². The molecule has 5 nitrogen and oxygen atoms in total. The van der Waals surface area contributed by atoms with Crippen LogP contribution in [-0.2, 0) is 11.3 Å². The van der Waals surface area contributed by atoms with Crippen LogP contribution in [0.5, 0.6) is 5.75 Å². The van der Waals surface area contributed by atoms with Crippen LogP contribution in [0, 0.1) is 0 Å². The van der Waals surface area contributed by atoms with Gasteiger partial charge in [-0.1, -0.05) is 23.7 Å². The molecule has 0 spiro atoms. The van der Waals surface area contributed by atoms with Crippen LogP contribution >= 0.6 is 11.6 Å². The van der Waals surface area contributed by atoms with Gasteiger partial charge in [0.15, 0.2) is 5.76 Å². The molecule has 25 heavy (non-hydrogen) atoms. The molecule has 1 aromatic heterocycles. The second-order valence-electron chi connectivity index (χ2n) is 5.32. The van der Waals surface area contributed by atoms with Crippen LogP contribution in [-0.4, -0.2) is 25.3 Å². The third kappa shape index (κ3) is 4.75. The van der Waals surface area contributed by atoms with Crippen molar-refractivity contribution in [2.75, 3.05) is 25.6 Å². The Bertz CT molecular complexity index is 802. The first-order chi connectivity index (χ1) is 12.3. The number of benzene rings is 2. The smallest absolute Gasteiger partial charge is 0.214 e. The topological polar surface area (TPSA) is 56.5 Å². The summed E-state index contributed by atoms with van der Waals surface area (Å²) in [6.45, 7) is 1.49. The molecule has 1 N–H and O–H groups in total. The number of ether oxygens (including phenoxy) is 2. The zero-order chi connectivity index (χ0) is 17.5. The van der Waals surface area contributed by atoms with Gasteiger partial charge in [-0.05, 0) is 36.4 Å². The lowest BCUT2D eigenvalue weighted by atomic mass is 10.2. The highest BCUT2D eigenvalue weighted by Gasteiger charge is 2.08. The van der Waals surface area contributed by atoms with Crippen molar-refractivity contribution in [1.82, 2.24) is 4.98 Å². The lowest BCUT2D eigenvalue weighted by molar-refractivity contribution is 0.146. The van der Waals surface area contributed by atoms with Crippen LogP contribution in [0.2, 0.25) is 5.02 Å². The zero-order valence-corrected chi connectivity index (χ0v) is 14.6. The zero-order valence-electron chi connectivity index (χ0n) is 13.9. The maximum Gasteiger partial charge on any atom is 0.214 e. The van der Waals surface area contributed by atoms with Crippen molar-refractivity contribution in [2.45, 2.75) is 6.54 Å². The summed E-state index contributed by atoms with van der Waals surface area (Å²) in [5.41, 5.74) is 1.82. The van der Waals surface area contributed by atoms with Crippen molar-refractivity contribution in [3.05, 3.63) is 65.6 Å². The molecule has 0 aliphatic heterocycles. The van der Waals surface area contributed by atoms with E-state index in [0.717, 1.165) is 17.0 Å². The summed E-state index contributed by atoms with van der Waals surface area (Å²) in [6.07, 6.45) is 1.71. The fourth-order valence-corrected chi connectivity index (χ4v) is 2.41. The number of anilines is 1. The number of hydrogen-bond acceptors (Lipinski definition) is 5. The van der Waals surface area contributed by atoms with E-state index in [9.17, 15) is 0 Å². The molecule has 0 saturated heterocycles. The Balaban J connectivity index is 1.63. The van der Waals surface area contributed by atoms with E-state index in [0.29, 0.717) is 36.4 Å². The molecular formula is C19H19ClN2O3. The van der Waals surface area contributed by atoms with E-state index in [4.69, 9.17) is 25.5 Å². The molecule has 3 aromatic rings. The van der Waals surface area contributed by atoms with Crippen LogP contribution in [0.3, 0.4) is 0 Å². The normalized spacial score (nSPS) is 10.6. The monoisotopic (exact) mass is 358 g/mol. The SMILES string of the molecule is COCCOc1ccccc1NCc1ncc(-c2ccc(Cl)cc2)o1. The van der Waals surface area contributed by atoms with E-state index >= 15 is 0 Å². The first-order valence-electron chi connectivity index (χ1n) is 7.91. The van der Waals surface area contributed by atoms with Crippen LogP contribution in [0.1, 0.15) is 5.89 Å². The average Bonchev–Trinajstić information content (AvgIpc) is 3.11. The lowest BCUT2D eigenvalue weighted by Gasteiger charge is -2.11. The maximum atomic E-state index is 5.91. The van der Waals surface area contributed by atoms with Crippen LogP contribution in [0.15, 0.2) is 59.1 Å². The van der Waals surface area contributed by atoms with Gasteiger partial charge >= 0.3 is 0 Å². The van der Waals surface area contributed by atoms with E-state index in [2.05, 4.69) is 10.3 Å². The molecule has 6 heteroatoms. The summed E-state index contributed by atoms with van der Waals surface area (Å²) >= 11 is 5.91. The summed E-state index contributed by atoms with van der Waals surface area (Å²) in [4.78, 5) is 4.31. The molecular weight excluding hydrogens is 340 g/mol. The Labute approximate surface area is 151 Å². The first-order valence-corrected chi connectivity index (χ1v) is 8.29. The fraction of sp³-hybridized carbons (Fsp3) is 0.211. The minimum absolute atomic E-state index is 0.457. The highest BCUT2D eigenvalue weighted by molar-refractivity contribution is 6.30. The molecule has 0 atom stereocenters. The molecule has 0 bridgehead atoms. The fourth-order valence-electron chi connectivity index (χ4n) is 2.28. The van der Waals surface area contributed by atoms with Crippen molar-refractivity contribution in [3.63, 3.8) is 0 Å². The predicted molar refractivity (Wildman–Crippen MR) is 98.1 cm³/mol. The number of nitrogens with one attached hydrogen (secondary N) is 1. The Morgan fingerprint density at radius 3 is 2.68 bits per heavy atom. The quantitative estimate of drug-likeness (QED) is 0.595. The summed E-state index contributed by atoms with van der Waals surface area (Å²) in [7, 11) is 1.65. The highest BCUT2D eigenvalue weighted by Crippen LogP contribution is 2.26. The predicted octanol–water partition coefficient (Wildman–Crippen LogP) is 4.63. The number of nitrogens with zero attached hydrogens (tertiary/aromatic N) is 1. The van der Waals surface area contributed by atoms with Crippen molar-refractivity contribution in [1.29, 1.82) is 0 Å². The van der Waals surface area contributed by atoms with Gasteiger partial charge in [0.2, 0.25) is 5.89 Å². The minimum Gasteiger partial charge on any atom is -0.489 e. The van der Waals surface area contributed by atoms with Crippen LogP contribution in [0.25, 0.3) is 11.3 Å². The summed E-state index contributed by atoms with van der Waals surface area (Å²) in [5.74, 6) is 2.07. The second kappa shape index (κ2) is 8.55. The molecule has 0 saturated carbocycles. The van der Waals surface area contributed by atoms with Crippen LogP contribution < -0.4 is 10.1 Å². The van der Waals surface area contributed by atoms with E-state index in [-0.39, 0.29) is 0 Å². The van der Waals surface area contributed by atoms with Gasteiger partial charge in [0, 0.05) is 17.7 Å². The molecule has 2 aromatic carbocycles. The van der Waals surface area contributed by atoms with Crippen molar-refractivity contribution >= 4 is 17.3 Å². The van der Waals surface area contributed by atoms with E-state index in [1.165, 1.54) is 0 Å². The second-order valence-corrected chi connectivity index (χ2v) is 5.75. The Kier molecular flexibility index (Phi) is 5.93. The molecule has 0 unspecified atom stereocenters. The van der Waals surface area contributed by atoms with Crippen molar-refractivity contribution < 1.29 is 13.9 Å². The number of hydrogen-bond donors (Lipinski definition) is 1. The molecule has 0 radical (unpaired) electrons. The number of para-hydroxylation sites is 2. The van der Waals surface area contributed by atoms with Gasteiger partial charge < -0.3 is 19.2 Å². The summed E-state index contributed by atoms with van der Waals surface area (Å²) in [5, 5.41) is 3.98. The largest absolute Gasteiger partial charge is 0.489 e. The average molecular weight is 359 g/mol.